The summed E-state index contributed by atoms with van der Waals surface area (Å²) in [6, 6.07) is 5.86. The van der Waals surface area contributed by atoms with Crippen LogP contribution >= 0.6 is 0 Å². The first-order chi connectivity index (χ1) is 9.85. The first-order valence-electron chi connectivity index (χ1n) is 6.69. The molecule has 1 unspecified atom stereocenters. The Morgan fingerprint density at radius 3 is 2.05 bits per heavy atom. The van der Waals surface area contributed by atoms with Crippen LogP contribution in [0.1, 0.15) is 20.8 Å². The highest BCUT2D eigenvalue weighted by Gasteiger charge is 2.26. The molecule has 0 heterocycles. The summed E-state index contributed by atoms with van der Waals surface area (Å²) in [7, 11) is 1.56. The fraction of sp³-hybridized carbons (Fsp3) is 0.467. The molecule has 0 aliphatic carbocycles. The van der Waals surface area contributed by atoms with Crippen molar-refractivity contribution in [2.45, 2.75) is 32.9 Å². The fourth-order valence-electron chi connectivity index (χ4n) is 1.70. The summed E-state index contributed by atoms with van der Waals surface area (Å²) in [6.45, 7) is 5.03. The summed E-state index contributed by atoms with van der Waals surface area (Å²) >= 11 is 0. The number of nitrogens with one attached hydrogen (secondary N) is 1. The van der Waals surface area contributed by atoms with Gasteiger partial charge in [-0.1, -0.05) is 13.8 Å². The number of hydrogen-bond acceptors (Lipinski definition) is 4. The maximum atomic E-state index is 12.0. The third kappa shape index (κ3) is 4.98. The van der Waals surface area contributed by atoms with Gasteiger partial charge in [0.2, 0.25) is 0 Å². The summed E-state index contributed by atoms with van der Waals surface area (Å²) in [5.41, 5.74) is 0. The molecule has 0 spiro atoms. The second-order valence-corrected chi connectivity index (χ2v) is 5.00. The zero-order valence-corrected chi connectivity index (χ0v) is 12.6. The van der Waals surface area contributed by atoms with Gasteiger partial charge >= 0.3 is 5.97 Å². The average Bonchev–Trinajstić information content (AvgIpc) is 2.44. The Balaban J connectivity index is 2.63. The molecular formula is C15H21NO5. The summed E-state index contributed by atoms with van der Waals surface area (Å²) in [5, 5.41) is 11.5. The van der Waals surface area contributed by atoms with Gasteiger partial charge in [-0.15, -0.1) is 0 Å². The summed E-state index contributed by atoms with van der Waals surface area (Å²) in [5.74, 6) is -0.540. The molecule has 1 aromatic carbocycles. The van der Waals surface area contributed by atoms with Gasteiger partial charge in [0.1, 0.15) is 17.5 Å². The third-order valence-corrected chi connectivity index (χ3v) is 2.97. The third-order valence-electron chi connectivity index (χ3n) is 2.97. The molecule has 21 heavy (non-hydrogen) atoms. The minimum absolute atomic E-state index is 0.209. The molecule has 2 atom stereocenters. The maximum absolute atomic E-state index is 12.0. The number of ether oxygens (including phenoxy) is 2. The zero-order chi connectivity index (χ0) is 16.0. The topological polar surface area (TPSA) is 84.9 Å². The Hall–Kier alpha value is -2.24. The van der Waals surface area contributed by atoms with Crippen LogP contribution in [0, 0.1) is 5.92 Å². The second-order valence-electron chi connectivity index (χ2n) is 5.00. The Bertz CT molecular complexity index is 483. The van der Waals surface area contributed by atoms with Gasteiger partial charge in [0.25, 0.3) is 5.91 Å². The Morgan fingerprint density at radius 2 is 1.62 bits per heavy atom. The first kappa shape index (κ1) is 16.8. The minimum Gasteiger partial charge on any atom is -0.497 e. The molecule has 6 heteroatoms. The van der Waals surface area contributed by atoms with Crippen molar-refractivity contribution in [3.63, 3.8) is 0 Å². The van der Waals surface area contributed by atoms with E-state index in [2.05, 4.69) is 5.32 Å². The number of benzene rings is 1. The minimum atomic E-state index is -1.06. The van der Waals surface area contributed by atoms with E-state index in [1.54, 1.807) is 52.1 Å². The SMILES string of the molecule is COc1ccc(OC(C)C(=O)N[C@H](C(=O)O)C(C)C)cc1. The molecular weight excluding hydrogens is 274 g/mol. The molecule has 0 radical (unpaired) electrons. The largest absolute Gasteiger partial charge is 0.497 e. The normalized spacial score (nSPS) is 13.4. The van der Waals surface area contributed by atoms with Crippen LogP contribution in [0.25, 0.3) is 0 Å². The van der Waals surface area contributed by atoms with Crippen LogP contribution in [0.4, 0.5) is 0 Å². The second kappa shape index (κ2) is 7.52. The van der Waals surface area contributed by atoms with Crippen molar-refractivity contribution in [1.82, 2.24) is 5.32 Å². The van der Waals surface area contributed by atoms with Crippen LogP contribution in [-0.4, -0.2) is 36.2 Å². The van der Waals surface area contributed by atoms with E-state index in [9.17, 15) is 9.59 Å². The Kier molecular flexibility index (Phi) is 6.02. The zero-order valence-electron chi connectivity index (χ0n) is 12.6. The van der Waals surface area contributed by atoms with Crippen LogP contribution in [0.5, 0.6) is 11.5 Å². The lowest BCUT2D eigenvalue weighted by atomic mass is 10.0. The van der Waals surface area contributed by atoms with E-state index < -0.39 is 24.0 Å². The summed E-state index contributed by atoms with van der Waals surface area (Å²) < 4.78 is 10.5. The number of carboxylic acids is 1. The van der Waals surface area contributed by atoms with Gasteiger partial charge in [-0.05, 0) is 37.1 Å². The molecule has 0 bridgehead atoms. The number of hydrogen-bond donors (Lipinski definition) is 2. The molecule has 1 rings (SSSR count). The van der Waals surface area contributed by atoms with E-state index in [4.69, 9.17) is 14.6 Å². The number of aliphatic carboxylic acids is 1. The van der Waals surface area contributed by atoms with E-state index in [1.165, 1.54) is 0 Å². The number of methoxy groups -OCH3 is 1. The molecule has 0 aliphatic rings. The highest BCUT2D eigenvalue weighted by atomic mass is 16.5. The van der Waals surface area contributed by atoms with Crippen molar-refractivity contribution < 1.29 is 24.2 Å². The molecule has 0 fully saturated rings. The molecule has 6 nitrogen and oxygen atoms in total. The Labute approximate surface area is 124 Å². The molecule has 1 amide bonds. The molecule has 0 saturated carbocycles. The van der Waals surface area contributed by atoms with Crippen LogP contribution in [0.15, 0.2) is 24.3 Å². The van der Waals surface area contributed by atoms with Crippen LogP contribution in [-0.2, 0) is 9.59 Å². The van der Waals surface area contributed by atoms with Gasteiger partial charge in [0.15, 0.2) is 6.10 Å². The maximum Gasteiger partial charge on any atom is 0.326 e. The Morgan fingerprint density at radius 1 is 1.10 bits per heavy atom. The van der Waals surface area contributed by atoms with Crippen molar-refractivity contribution in [2.75, 3.05) is 7.11 Å². The van der Waals surface area contributed by atoms with Gasteiger partial charge in [-0.3, -0.25) is 4.79 Å². The van der Waals surface area contributed by atoms with E-state index in [-0.39, 0.29) is 5.92 Å². The van der Waals surface area contributed by atoms with Crippen molar-refractivity contribution in [1.29, 1.82) is 0 Å². The van der Waals surface area contributed by atoms with Crippen molar-refractivity contribution >= 4 is 11.9 Å². The van der Waals surface area contributed by atoms with Crippen molar-refractivity contribution in [3.05, 3.63) is 24.3 Å². The number of carbonyl (C=O) groups excluding carboxylic acids is 1. The lowest BCUT2D eigenvalue weighted by Crippen LogP contribution is -2.48. The van der Waals surface area contributed by atoms with Gasteiger partial charge in [0.05, 0.1) is 7.11 Å². The quantitative estimate of drug-likeness (QED) is 0.799. The van der Waals surface area contributed by atoms with Crippen LogP contribution in [0.2, 0.25) is 0 Å². The molecule has 2 N–H and O–H groups in total. The lowest BCUT2D eigenvalue weighted by Gasteiger charge is -2.21. The molecule has 1 aromatic rings. The van der Waals surface area contributed by atoms with E-state index in [0.717, 1.165) is 0 Å². The smallest absolute Gasteiger partial charge is 0.326 e. The van der Waals surface area contributed by atoms with Crippen LogP contribution < -0.4 is 14.8 Å². The average molecular weight is 295 g/mol. The standard InChI is InChI=1S/C15H21NO5/c1-9(2)13(15(18)19)16-14(17)10(3)21-12-7-5-11(20-4)6-8-12/h5-10,13H,1-4H3,(H,16,17)(H,18,19)/t10?,13-/m0/s1. The monoisotopic (exact) mass is 295 g/mol. The molecule has 0 saturated heterocycles. The van der Waals surface area contributed by atoms with Crippen molar-refractivity contribution in [2.24, 2.45) is 5.92 Å². The number of carbonyl (C=O) groups is 2. The number of rotatable bonds is 7. The molecule has 0 aromatic heterocycles. The van der Waals surface area contributed by atoms with Gasteiger partial charge in [0, 0.05) is 0 Å². The highest BCUT2D eigenvalue weighted by molar-refractivity contribution is 5.86. The molecule has 116 valence electrons. The summed E-state index contributed by atoms with van der Waals surface area (Å²) in [6.07, 6.45) is -0.793. The first-order valence-corrected chi connectivity index (χ1v) is 6.69. The van der Waals surface area contributed by atoms with Gasteiger partial charge in [-0.2, -0.15) is 0 Å². The number of amides is 1. The highest BCUT2D eigenvalue weighted by Crippen LogP contribution is 2.18. The lowest BCUT2D eigenvalue weighted by molar-refractivity contribution is -0.144. The van der Waals surface area contributed by atoms with E-state index >= 15 is 0 Å². The fourth-order valence-corrected chi connectivity index (χ4v) is 1.70. The van der Waals surface area contributed by atoms with Crippen molar-refractivity contribution in [3.8, 4) is 11.5 Å². The number of carboxylic acid groups (broad SMARTS) is 1. The van der Waals surface area contributed by atoms with Gasteiger partial charge in [-0.25, -0.2) is 4.79 Å². The summed E-state index contributed by atoms with van der Waals surface area (Å²) in [4.78, 5) is 23.0. The predicted molar refractivity (Wildman–Crippen MR) is 77.5 cm³/mol. The predicted octanol–water partition coefficient (Wildman–Crippen LogP) is 1.69. The van der Waals surface area contributed by atoms with Gasteiger partial charge < -0.3 is 19.9 Å². The van der Waals surface area contributed by atoms with Crippen LogP contribution in [0.3, 0.4) is 0 Å². The molecule has 0 aliphatic heterocycles. The van der Waals surface area contributed by atoms with E-state index in [1.807, 2.05) is 0 Å². The van der Waals surface area contributed by atoms with E-state index in [0.29, 0.717) is 11.5 Å².